The van der Waals surface area contributed by atoms with E-state index in [9.17, 15) is 64.1 Å². The summed E-state index contributed by atoms with van der Waals surface area (Å²) >= 11 is 0. The number of para-hydroxylation sites is 2. The third-order valence-corrected chi connectivity index (χ3v) is 11.7. The van der Waals surface area contributed by atoms with Gasteiger partial charge in [-0.15, -0.1) is 0 Å². The van der Waals surface area contributed by atoms with E-state index in [4.69, 9.17) is 9.47 Å². The topological polar surface area (TPSA) is 284 Å². The lowest BCUT2D eigenvalue weighted by atomic mass is 9.80. The lowest BCUT2D eigenvalue weighted by molar-refractivity contribution is -1.03. The number of rotatable bonds is 27. The zero-order valence-electron chi connectivity index (χ0n) is 31.2. The molecule has 2 aromatic carbocycles. The molecular weight excluding hydrogens is 750 g/mol. The van der Waals surface area contributed by atoms with Crippen LogP contribution >= 0.6 is 15.2 Å². The van der Waals surface area contributed by atoms with Crippen LogP contribution in [-0.4, -0.2) is 115 Å². The first-order valence-electron chi connectivity index (χ1n) is 17.8. The summed E-state index contributed by atoms with van der Waals surface area (Å²) in [7, 11) is -8.68. The molecule has 0 spiro atoms. The van der Waals surface area contributed by atoms with Gasteiger partial charge < -0.3 is 74.1 Å². The van der Waals surface area contributed by atoms with Gasteiger partial charge in [0.05, 0.1) is 44.2 Å². The summed E-state index contributed by atoms with van der Waals surface area (Å²) in [5, 5.41) is 64.5. The highest BCUT2D eigenvalue weighted by Gasteiger charge is 2.57. The summed E-state index contributed by atoms with van der Waals surface area (Å²) in [4.78, 5) is 56.2. The largest absolute Gasteiger partial charge is 0.775 e. The fraction of sp³-hybridized carbons (Fsp3) is 0.629. The predicted octanol–water partition coefficient (Wildman–Crippen LogP) is -1.02. The molecule has 0 aliphatic carbocycles. The Labute approximate surface area is 316 Å². The Kier molecular flexibility index (Phi) is 19.9. The first kappa shape index (κ1) is 47.8. The second-order valence-electron chi connectivity index (χ2n) is 13.7. The minimum Gasteiger partial charge on any atom is -0.775 e. The van der Waals surface area contributed by atoms with Crippen LogP contribution in [0.5, 0.6) is 11.5 Å². The van der Waals surface area contributed by atoms with Gasteiger partial charge in [-0.1, -0.05) is 30.7 Å². The van der Waals surface area contributed by atoms with Crippen LogP contribution in [0, 0.1) is 0 Å². The molecule has 0 aliphatic heterocycles. The lowest BCUT2D eigenvalue weighted by Crippen LogP contribution is -3.30. The average molecular weight is 810 g/mol. The standard InChI is InChI=1S/C35H58N2O15P2/c1-25(30-12-7-9-27(19-38)33(30)43)36(23-53(45,46)47)32(21-40)35(22-41,15-6-4-5-11-29(42)14-16-52-18-17-51-3)37(24-54(48,49)50)26(2)31-13-8-10-28(20-39)34(31)44/h7-10,12-13,25-26,32,38-41,43-44H,4-6,11,14-24H2,1-3H3,(H2,45,46,47)(H2,48,49,50)/p+1. The highest BCUT2D eigenvalue weighted by Crippen LogP contribution is 2.36. The molecule has 308 valence electrons. The van der Waals surface area contributed by atoms with Gasteiger partial charge in [0.2, 0.25) is 0 Å². The van der Waals surface area contributed by atoms with Crippen LogP contribution in [0.2, 0.25) is 0 Å². The molecule has 7 unspecified atom stereocenters. The Bertz CT molecular complexity index is 1550. The van der Waals surface area contributed by atoms with E-state index in [2.05, 4.69) is 0 Å². The van der Waals surface area contributed by atoms with Gasteiger partial charge in [0.15, 0.2) is 25.5 Å². The van der Waals surface area contributed by atoms with Crippen LogP contribution in [-0.2, 0) is 36.6 Å². The summed E-state index contributed by atoms with van der Waals surface area (Å²) in [6.45, 7) is 1.07. The first-order valence-corrected chi connectivity index (χ1v) is 21.4. The zero-order valence-corrected chi connectivity index (χ0v) is 33.0. The number of hydrogen-bond donors (Lipinski definition) is 11. The lowest BCUT2D eigenvalue weighted by Gasteiger charge is -2.50. The first-order chi connectivity index (χ1) is 25.4. The monoisotopic (exact) mass is 809 g/mol. The van der Waals surface area contributed by atoms with E-state index < -0.39 is 77.9 Å². The van der Waals surface area contributed by atoms with Gasteiger partial charge in [0, 0.05) is 37.5 Å². The van der Waals surface area contributed by atoms with Crippen molar-refractivity contribution in [3.8, 4) is 11.5 Å². The van der Waals surface area contributed by atoms with Crippen LogP contribution in [0.4, 0.5) is 0 Å². The normalized spacial score (nSPS) is 17.2. The average Bonchev–Trinajstić information content (AvgIpc) is 3.11. The molecule has 54 heavy (non-hydrogen) atoms. The summed E-state index contributed by atoms with van der Waals surface area (Å²) < 4.78 is 35.8. The van der Waals surface area contributed by atoms with Gasteiger partial charge >= 0.3 is 7.60 Å². The molecule has 2 aromatic rings. The maximum absolute atomic E-state index is 12.8. The smallest absolute Gasteiger partial charge is 0.379 e. The van der Waals surface area contributed by atoms with Gasteiger partial charge in [0.1, 0.15) is 48.9 Å². The predicted molar refractivity (Wildman–Crippen MR) is 195 cm³/mol. The van der Waals surface area contributed by atoms with Crippen LogP contribution in [0.25, 0.3) is 0 Å². The molecule has 0 heterocycles. The number of carbonyl (C=O) groups excluding carboxylic acids is 1. The maximum atomic E-state index is 12.8. The van der Waals surface area contributed by atoms with E-state index in [0.717, 1.165) is 0 Å². The van der Waals surface area contributed by atoms with E-state index in [1.54, 1.807) is 0 Å². The van der Waals surface area contributed by atoms with E-state index in [0.29, 0.717) is 26.1 Å². The molecule has 0 saturated heterocycles. The van der Waals surface area contributed by atoms with Crippen molar-refractivity contribution in [3.05, 3.63) is 58.7 Å². The second kappa shape index (κ2) is 22.4. The molecule has 2 rings (SSSR count). The number of aromatic hydroxyl groups is 2. The molecule has 0 aliphatic rings. The van der Waals surface area contributed by atoms with Crippen molar-refractivity contribution >= 4 is 21.0 Å². The molecule has 0 aromatic heterocycles. The van der Waals surface area contributed by atoms with Gasteiger partial charge in [-0.3, -0.25) is 9.36 Å². The van der Waals surface area contributed by atoms with Gasteiger partial charge in [-0.25, -0.2) is 0 Å². The Hall–Kier alpha value is -2.31. The number of phenols is 2. The molecule has 19 heteroatoms. The van der Waals surface area contributed by atoms with Crippen molar-refractivity contribution in [2.24, 2.45) is 0 Å². The Morgan fingerprint density at radius 1 is 0.815 bits per heavy atom. The number of aliphatic hydroxyl groups is 4. The second-order valence-corrected chi connectivity index (χ2v) is 16.9. The number of hydrogen-bond acceptors (Lipinski definition) is 12. The van der Waals surface area contributed by atoms with Gasteiger partial charge in [-0.2, -0.15) is 0 Å². The van der Waals surface area contributed by atoms with Crippen molar-refractivity contribution in [2.45, 2.75) is 89.3 Å². The molecule has 0 radical (unpaired) electrons. The number of ketones is 1. The fourth-order valence-corrected chi connectivity index (χ4v) is 9.27. The molecule has 7 atom stereocenters. The molecule has 0 fully saturated rings. The molecule has 0 bridgehead atoms. The minimum absolute atomic E-state index is 0.0503. The number of methoxy groups -OCH3 is 1. The van der Waals surface area contributed by atoms with Crippen LogP contribution in [0.3, 0.4) is 0 Å². The van der Waals surface area contributed by atoms with E-state index >= 15 is 0 Å². The Morgan fingerprint density at radius 2 is 1.39 bits per heavy atom. The Balaban J connectivity index is 2.74. The minimum atomic E-state index is -5.24. The number of benzene rings is 2. The summed E-state index contributed by atoms with van der Waals surface area (Å²) in [5.74, 6) is -0.796. The highest BCUT2D eigenvalue weighted by molar-refractivity contribution is 7.51. The number of ether oxygens (including phenoxy) is 2. The number of nitrogens with one attached hydrogen (secondary N) is 2. The Morgan fingerprint density at radius 3 is 1.87 bits per heavy atom. The molecule has 0 amide bonds. The van der Waals surface area contributed by atoms with Crippen molar-refractivity contribution in [1.82, 2.24) is 0 Å². The van der Waals surface area contributed by atoms with Crippen LogP contribution in [0.15, 0.2) is 36.4 Å². The quantitative estimate of drug-likeness (QED) is 0.0381. The molecule has 0 saturated carbocycles. The number of unbranched alkanes of at least 4 members (excludes halogenated alkanes) is 2. The maximum Gasteiger partial charge on any atom is 0.379 e. The van der Waals surface area contributed by atoms with Crippen LogP contribution in [0.1, 0.15) is 86.7 Å². The summed E-state index contributed by atoms with van der Waals surface area (Å²) in [5.41, 5.74) is -1.36. The number of Topliss-reactive ketones (excluding diaryl/α,β-unsaturated/α-hetero) is 1. The number of aliphatic hydroxyl groups excluding tert-OH is 4. The van der Waals surface area contributed by atoms with Crippen LogP contribution < -0.4 is 14.7 Å². The fourth-order valence-electron chi connectivity index (χ4n) is 7.28. The van der Waals surface area contributed by atoms with E-state index in [-0.39, 0.29) is 81.6 Å². The third kappa shape index (κ3) is 13.7. The van der Waals surface area contributed by atoms with E-state index in [1.807, 2.05) is 0 Å². The van der Waals surface area contributed by atoms with E-state index in [1.165, 1.54) is 57.4 Å². The molecule has 17 nitrogen and oxygen atoms in total. The molecular formula is C35H59N2O15P2+. The van der Waals surface area contributed by atoms with Crippen molar-refractivity contribution in [2.75, 3.05) is 52.7 Å². The van der Waals surface area contributed by atoms with Crippen molar-refractivity contribution in [1.29, 1.82) is 0 Å². The van der Waals surface area contributed by atoms with Gasteiger partial charge in [-0.05, 0) is 38.8 Å². The van der Waals surface area contributed by atoms with Crippen molar-refractivity contribution < 1.29 is 83.4 Å². The number of carbonyl (C=O) groups is 1. The highest BCUT2D eigenvalue weighted by atomic mass is 31.2. The third-order valence-electron chi connectivity index (χ3n) is 10.2. The summed E-state index contributed by atoms with van der Waals surface area (Å²) in [6.07, 6.45) is -0.763. The van der Waals surface area contributed by atoms with Gasteiger partial charge in [0.25, 0.3) is 0 Å². The summed E-state index contributed by atoms with van der Waals surface area (Å²) in [6, 6.07) is 5.30. The van der Waals surface area contributed by atoms with Crippen molar-refractivity contribution in [3.63, 3.8) is 0 Å². The zero-order chi connectivity index (χ0) is 40.7. The number of quaternary nitrogens is 2. The SMILES string of the molecule is COCCOCCC(=O)CCCCCC(CO)(C(CO)[NH+](CP(=O)(O)O)C(C)c1cccc(CO)c1O)[NH+](CP(=O)([O-])O)C(C)c1cccc(CO)c1O. The molecule has 11 N–H and O–H groups in total.